The second-order valence-electron chi connectivity index (χ2n) is 11.0. The van der Waals surface area contributed by atoms with Gasteiger partial charge in [0.05, 0.1) is 17.4 Å². The molecule has 204 valence electrons. The Morgan fingerprint density at radius 1 is 0.707 bits per heavy atom. The maximum atomic E-state index is 14.9. The number of piperidine rings is 1. The molecule has 4 amide bonds. The third-order valence-corrected chi connectivity index (χ3v) is 9.08. The number of barbiturate groups is 1. The van der Waals surface area contributed by atoms with Crippen LogP contribution >= 0.6 is 11.6 Å². The molecule has 1 spiro atoms. The lowest BCUT2D eigenvalue weighted by Crippen LogP contribution is -2.74. The number of fused-ring (bicyclic) bond motifs is 4. The highest BCUT2D eigenvalue weighted by Crippen LogP contribution is 2.52. The SMILES string of the molecule is O=C1N(c2ccccc2)C(=O)C2(Cc3ccc(Cl)cc3N3CC[C@H](c4ccccc4)C[C@@H]32)C(=O)N1c1ccccc1. The summed E-state index contributed by atoms with van der Waals surface area (Å²) in [7, 11) is 0. The summed E-state index contributed by atoms with van der Waals surface area (Å²) in [5, 5.41) is 0.608. The van der Waals surface area contributed by atoms with Gasteiger partial charge in [0.2, 0.25) is 0 Å². The normalized spacial score (nSPS) is 21.6. The molecule has 4 aromatic carbocycles. The molecule has 6 nitrogen and oxygen atoms in total. The van der Waals surface area contributed by atoms with Gasteiger partial charge >= 0.3 is 6.03 Å². The number of imide groups is 2. The van der Waals surface area contributed by atoms with Gasteiger partial charge in [-0.25, -0.2) is 14.6 Å². The fraction of sp³-hybridized carbons (Fsp3) is 0.206. The maximum absolute atomic E-state index is 14.9. The van der Waals surface area contributed by atoms with Crippen LogP contribution in [-0.4, -0.2) is 30.4 Å². The van der Waals surface area contributed by atoms with Crippen molar-refractivity contribution >= 4 is 46.5 Å². The Kier molecular flexibility index (Phi) is 6.16. The van der Waals surface area contributed by atoms with Gasteiger partial charge in [0.15, 0.2) is 5.41 Å². The van der Waals surface area contributed by atoms with E-state index >= 15 is 0 Å². The number of urea groups is 1. The molecule has 2 atom stereocenters. The van der Waals surface area contributed by atoms with E-state index in [2.05, 4.69) is 17.0 Å². The number of rotatable bonds is 3. The highest BCUT2D eigenvalue weighted by molar-refractivity contribution is 6.39. The number of amides is 4. The monoisotopic (exact) mass is 561 g/mol. The molecule has 0 saturated carbocycles. The van der Waals surface area contributed by atoms with Crippen LogP contribution in [0.1, 0.15) is 29.9 Å². The molecule has 3 heterocycles. The summed E-state index contributed by atoms with van der Waals surface area (Å²) in [5.41, 5.74) is 2.38. The van der Waals surface area contributed by atoms with Crippen molar-refractivity contribution in [2.45, 2.75) is 31.2 Å². The minimum absolute atomic E-state index is 0.156. The van der Waals surface area contributed by atoms with Crippen LogP contribution in [0.15, 0.2) is 109 Å². The summed E-state index contributed by atoms with van der Waals surface area (Å²) in [4.78, 5) is 48.5. The van der Waals surface area contributed by atoms with Gasteiger partial charge in [-0.3, -0.25) is 9.59 Å². The lowest BCUT2D eigenvalue weighted by atomic mass is 9.63. The van der Waals surface area contributed by atoms with Gasteiger partial charge < -0.3 is 4.90 Å². The fourth-order valence-corrected chi connectivity index (χ4v) is 7.10. The zero-order valence-corrected chi connectivity index (χ0v) is 23.1. The number of para-hydroxylation sites is 2. The molecule has 0 unspecified atom stereocenters. The Bertz CT molecular complexity index is 1580. The summed E-state index contributed by atoms with van der Waals surface area (Å²) in [6.45, 7) is 0.657. The van der Waals surface area contributed by atoms with Crippen LogP contribution in [0.5, 0.6) is 0 Å². The van der Waals surface area contributed by atoms with Crippen LogP contribution in [0.3, 0.4) is 0 Å². The molecule has 3 aliphatic heterocycles. The molecule has 2 saturated heterocycles. The minimum Gasteiger partial charge on any atom is -0.367 e. The van der Waals surface area contributed by atoms with Crippen molar-refractivity contribution < 1.29 is 14.4 Å². The van der Waals surface area contributed by atoms with E-state index in [1.54, 1.807) is 54.6 Å². The number of benzene rings is 4. The minimum atomic E-state index is -1.52. The average molecular weight is 562 g/mol. The van der Waals surface area contributed by atoms with Crippen molar-refractivity contribution in [3.8, 4) is 0 Å². The number of nitrogens with zero attached hydrogens (tertiary/aromatic N) is 3. The molecule has 7 rings (SSSR count). The van der Waals surface area contributed by atoms with Crippen molar-refractivity contribution in [2.24, 2.45) is 5.41 Å². The van der Waals surface area contributed by atoms with Gasteiger partial charge in [0.1, 0.15) is 0 Å². The molecule has 0 bridgehead atoms. The molecular formula is C34H28ClN3O3. The van der Waals surface area contributed by atoms with E-state index in [1.165, 1.54) is 15.4 Å². The topological polar surface area (TPSA) is 60.9 Å². The molecule has 0 N–H and O–H groups in total. The third kappa shape index (κ3) is 3.97. The van der Waals surface area contributed by atoms with Gasteiger partial charge in [-0.1, -0.05) is 84.4 Å². The number of hydrogen-bond acceptors (Lipinski definition) is 4. The second-order valence-corrected chi connectivity index (χ2v) is 11.4. The van der Waals surface area contributed by atoms with E-state index in [1.807, 2.05) is 42.5 Å². The predicted molar refractivity (Wildman–Crippen MR) is 160 cm³/mol. The highest BCUT2D eigenvalue weighted by Gasteiger charge is 2.65. The number of carbonyl (C=O) groups is 3. The first kappa shape index (κ1) is 25.5. The van der Waals surface area contributed by atoms with E-state index in [9.17, 15) is 14.4 Å². The van der Waals surface area contributed by atoms with Crippen LogP contribution in [0.4, 0.5) is 21.9 Å². The fourth-order valence-electron chi connectivity index (χ4n) is 6.93. The first-order valence-corrected chi connectivity index (χ1v) is 14.3. The maximum Gasteiger partial charge on any atom is 0.342 e. The van der Waals surface area contributed by atoms with E-state index < -0.39 is 29.3 Å². The smallest absolute Gasteiger partial charge is 0.342 e. The summed E-state index contributed by atoms with van der Waals surface area (Å²) >= 11 is 6.47. The second kappa shape index (κ2) is 9.89. The van der Waals surface area contributed by atoms with Crippen molar-refractivity contribution in [3.05, 3.63) is 125 Å². The number of halogens is 1. The Labute approximate surface area is 243 Å². The van der Waals surface area contributed by atoms with Gasteiger partial charge in [-0.15, -0.1) is 0 Å². The lowest BCUT2D eigenvalue weighted by molar-refractivity contribution is -0.143. The van der Waals surface area contributed by atoms with E-state index in [0.717, 1.165) is 17.7 Å². The van der Waals surface area contributed by atoms with Crippen molar-refractivity contribution in [2.75, 3.05) is 21.2 Å². The number of hydrogen-bond donors (Lipinski definition) is 0. The van der Waals surface area contributed by atoms with Crippen LogP contribution in [0.2, 0.25) is 5.02 Å². The summed E-state index contributed by atoms with van der Waals surface area (Å²) in [6, 6.07) is 32.6. The first-order valence-electron chi connectivity index (χ1n) is 13.9. The number of carbonyl (C=O) groups excluding carboxylic acids is 3. The van der Waals surface area contributed by atoms with Crippen molar-refractivity contribution in [3.63, 3.8) is 0 Å². The Balaban J connectivity index is 1.45. The molecule has 0 aliphatic carbocycles. The van der Waals surface area contributed by atoms with Crippen LogP contribution in [0, 0.1) is 5.41 Å². The van der Waals surface area contributed by atoms with Crippen molar-refractivity contribution in [1.82, 2.24) is 0 Å². The van der Waals surface area contributed by atoms with E-state index in [0.29, 0.717) is 29.4 Å². The largest absolute Gasteiger partial charge is 0.367 e. The Morgan fingerprint density at radius 3 is 1.85 bits per heavy atom. The van der Waals surface area contributed by atoms with E-state index in [-0.39, 0.29) is 12.3 Å². The van der Waals surface area contributed by atoms with E-state index in [4.69, 9.17) is 11.6 Å². The molecule has 0 aromatic heterocycles. The standard InChI is InChI=1S/C34H28ClN3O3/c35-26-17-16-25-22-34(30-20-24(23-10-4-1-5-11-23)18-19-36(30)29(25)21-26)31(39)37(27-12-6-2-7-13-27)33(41)38(32(34)40)28-14-8-3-9-15-28/h1-17,21,24,30H,18-20,22H2/t24-,30+/m0/s1. The zero-order chi connectivity index (χ0) is 28.1. The van der Waals surface area contributed by atoms with Gasteiger partial charge in [-0.2, -0.15) is 0 Å². The number of anilines is 3. The summed E-state index contributed by atoms with van der Waals surface area (Å²) in [6.07, 6.45) is 1.64. The molecule has 2 fully saturated rings. The van der Waals surface area contributed by atoms with Crippen LogP contribution in [0.25, 0.3) is 0 Å². The van der Waals surface area contributed by atoms with Crippen LogP contribution in [-0.2, 0) is 16.0 Å². The summed E-state index contributed by atoms with van der Waals surface area (Å²) in [5.74, 6) is -0.797. The third-order valence-electron chi connectivity index (χ3n) is 8.85. The molecule has 3 aliphatic rings. The first-order chi connectivity index (χ1) is 20.0. The molecule has 41 heavy (non-hydrogen) atoms. The average Bonchev–Trinajstić information content (AvgIpc) is 3.01. The Morgan fingerprint density at radius 2 is 1.27 bits per heavy atom. The molecule has 4 aromatic rings. The summed E-state index contributed by atoms with van der Waals surface area (Å²) < 4.78 is 0. The zero-order valence-electron chi connectivity index (χ0n) is 22.3. The molecule has 7 heteroatoms. The van der Waals surface area contributed by atoms with Crippen LogP contribution < -0.4 is 14.7 Å². The van der Waals surface area contributed by atoms with Gasteiger partial charge in [0.25, 0.3) is 11.8 Å². The molecule has 0 radical (unpaired) electrons. The predicted octanol–water partition coefficient (Wildman–Crippen LogP) is 6.84. The van der Waals surface area contributed by atoms with Gasteiger partial charge in [-0.05, 0) is 72.7 Å². The highest BCUT2D eigenvalue weighted by atomic mass is 35.5. The van der Waals surface area contributed by atoms with Gasteiger partial charge in [0, 0.05) is 17.3 Å². The quantitative estimate of drug-likeness (QED) is 0.257. The Hall–Kier alpha value is -4.42. The molecular weight excluding hydrogens is 534 g/mol. The lowest BCUT2D eigenvalue weighted by Gasteiger charge is -2.56. The van der Waals surface area contributed by atoms with Crippen molar-refractivity contribution in [1.29, 1.82) is 0 Å².